The van der Waals surface area contributed by atoms with E-state index in [1.807, 2.05) is 48.5 Å². The van der Waals surface area contributed by atoms with Crippen molar-refractivity contribution in [2.24, 2.45) is 0 Å². The first kappa shape index (κ1) is 12.2. The maximum absolute atomic E-state index is 12.3. The molecule has 0 saturated carbocycles. The molecule has 0 spiro atoms. The minimum atomic E-state index is -0.174. The quantitative estimate of drug-likeness (QED) is 0.844. The first-order valence-electron chi connectivity index (χ1n) is 6.13. The van der Waals surface area contributed by atoms with Crippen LogP contribution in [0.15, 0.2) is 53.0 Å². The monoisotopic (exact) mass is 316 g/mol. The Kier molecular flexibility index (Phi) is 3.25. The molecule has 1 unspecified atom stereocenters. The molecule has 0 fully saturated rings. The SMILES string of the molecule is O=C1Nc2ccc(Br)cc2NCC1c1ccccc1. The van der Waals surface area contributed by atoms with Gasteiger partial charge in [-0.25, -0.2) is 0 Å². The van der Waals surface area contributed by atoms with E-state index < -0.39 is 0 Å². The predicted octanol–water partition coefficient (Wildman–Crippen LogP) is 3.60. The number of fused-ring (bicyclic) bond motifs is 1. The summed E-state index contributed by atoms with van der Waals surface area (Å²) in [5, 5.41) is 6.31. The fraction of sp³-hybridized carbons (Fsp3) is 0.133. The lowest BCUT2D eigenvalue weighted by molar-refractivity contribution is -0.117. The Balaban J connectivity index is 1.92. The molecular formula is C15H13BrN2O. The summed E-state index contributed by atoms with van der Waals surface area (Å²) in [7, 11) is 0. The van der Waals surface area contributed by atoms with Crippen LogP contribution in [0.3, 0.4) is 0 Å². The summed E-state index contributed by atoms with van der Waals surface area (Å²) in [4.78, 5) is 12.3. The number of amides is 1. The third kappa shape index (κ3) is 2.49. The molecular weight excluding hydrogens is 304 g/mol. The zero-order valence-corrected chi connectivity index (χ0v) is 11.8. The number of benzene rings is 2. The van der Waals surface area contributed by atoms with Gasteiger partial charge in [-0.15, -0.1) is 0 Å². The Morgan fingerprint density at radius 2 is 1.84 bits per heavy atom. The van der Waals surface area contributed by atoms with Gasteiger partial charge in [0.15, 0.2) is 0 Å². The largest absolute Gasteiger partial charge is 0.382 e. The molecule has 0 bridgehead atoms. The minimum absolute atomic E-state index is 0.0276. The van der Waals surface area contributed by atoms with Crippen LogP contribution in [-0.2, 0) is 4.79 Å². The lowest BCUT2D eigenvalue weighted by Crippen LogP contribution is -2.23. The van der Waals surface area contributed by atoms with Gasteiger partial charge in [0.2, 0.25) is 5.91 Å². The first-order valence-corrected chi connectivity index (χ1v) is 6.92. The second-order valence-electron chi connectivity index (χ2n) is 4.52. The van der Waals surface area contributed by atoms with E-state index in [0.717, 1.165) is 21.4 Å². The molecule has 1 amide bonds. The molecule has 1 aliphatic heterocycles. The molecule has 3 nitrogen and oxygen atoms in total. The highest BCUT2D eigenvalue weighted by Crippen LogP contribution is 2.31. The van der Waals surface area contributed by atoms with Gasteiger partial charge in [-0.3, -0.25) is 4.79 Å². The molecule has 0 saturated heterocycles. The van der Waals surface area contributed by atoms with Crippen molar-refractivity contribution in [1.82, 2.24) is 0 Å². The summed E-state index contributed by atoms with van der Waals surface area (Å²) >= 11 is 3.44. The van der Waals surface area contributed by atoms with E-state index in [1.165, 1.54) is 0 Å². The standard InChI is InChI=1S/C15H13BrN2O/c16-11-6-7-13-14(8-11)17-9-12(15(19)18-13)10-4-2-1-3-5-10/h1-8,12,17H,9H2,(H,18,19). The number of hydrogen-bond acceptors (Lipinski definition) is 2. The van der Waals surface area contributed by atoms with Crippen LogP contribution in [0, 0.1) is 0 Å². The summed E-state index contributed by atoms with van der Waals surface area (Å²) in [6, 6.07) is 15.6. The molecule has 19 heavy (non-hydrogen) atoms. The van der Waals surface area contributed by atoms with E-state index in [1.54, 1.807) is 0 Å². The Morgan fingerprint density at radius 1 is 1.05 bits per heavy atom. The zero-order valence-electron chi connectivity index (χ0n) is 10.2. The number of anilines is 2. The van der Waals surface area contributed by atoms with Gasteiger partial charge >= 0.3 is 0 Å². The van der Waals surface area contributed by atoms with Crippen LogP contribution in [0.5, 0.6) is 0 Å². The van der Waals surface area contributed by atoms with Crippen molar-refractivity contribution in [2.45, 2.75) is 5.92 Å². The van der Waals surface area contributed by atoms with Crippen molar-refractivity contribution in [2.75, 3.05) is 17.2 Å². The highest BCUT2D eigenvalue weighted by atomic mass is 79.9. The van der Waals surface area contributed by atoms with E-state index in [9.17, 15) is 4.79 Å². The fourth-order valence-electron chi connectivity index (χ4n) is 2.25. The van der Waals surface area contributed by atoms with Gasteiger partial charge in [0.05, 0.1) is 17.3 Å². The van der Waals surface area contributed by atoms with E-state index in [0.29, 0.717) is 6.54 Å². The molecule has 2 aromatic carbocycles. The van der Waals surface area contributed by atoms with Gasteiger partial charge in [-0.2, -0.15) is 0 Å². The highest BCUT2D eigenvalue weighted by Gasteiger charge is 2.24. The summed E-state index contributed by atoms with van der Waals surface area (Å²) < 4.78 is 0.992. The average Bonchev–Trinajstić information content (AvgIpc) is 2.58. The molecule has 2 aromatic rings. The molecule has 0 radical (unpaired) electrons. The maximum Gasteiger partial charge on any atom is 0.233 e. The number of carbonyl (C=O) groups excluding carboxylic acids is 1. The topological polar surface area (TPSA) is 41.1 Å². The molecule has 4 heteroatoms. The third-order valence-corrected chi connectivity index (χ3v) is 3.75. The molecule has 3 rings (SSSR count). The molecule has 1 atom stereocenters. The van der Waals surface area contributed by atoms with Crippen molar-refractivity contribution >= 4 is 33.2 Å². The third-order valence-electron chi connectivity index (χ3n) is 3.25. The van der Waals surface area contributed by atoms with E-state index in [4.69, 9.17) is 0 Å². The van der Waals surface area contributed by atoms with Crippen LogP contribution in [0.25, 0.3) is 0 Å². The zero-order chi connectivity index (χ0) is 13.2. The van der Waals surface area contributed by atoms with E-state index in [2.05, 4.69) is 26.6 Å². The van der Waals surface area contributed by atoms with Gasteiger partial charge in [-0.05, 0) is 23.8 Å². The summed E-state index contributed by atoms with van der Waals surface area (Å²) in [6.07, 6.45) is 0. The predicted molar refractivity (Wildman–Crippen MR) is 80.4 cm³/mol. The molecule has 1 aliphatic rings. The fourth-order valence-corrected chi connectivity index (χ4v) is 2.61. The maximum atomic E-state index is 12.3. The number of rotatable bonds is 1. The van der Waals surface area contributed by atoms with Crippen molar-refractivity contribution in [3.8, 4) is 0 Å². The van der Waals surface area contributed by atoms with Crippen LogP contribution < -0.4 is 10.6 Å². The van der Waals surface area contributed by atoms with E-state index in [-0.39, 0.29) is 11.8 Å². The van der Waals surface area contributed by atoms with Crippen LogP contribution >= 0.6 is 15.9 Å². The lowest BCUT2D eigenvalue weighted by atomic mass is 9.98. The molecule has 0 aromatic heterocycles. The minimum Gasteiger partial charge on any atom is -0.382 e. The average molecular weight is 317 g/mol. The van der Waals surface area contributed by atoms with Crippen LogP contribution in [-0.4, -0.2) is 12.5 Å². The van der Waals surface area contributed by atoms with Crippen molar-refractivity contribution < 1.29 is 4.79 Å². The van der Waals surface area contributed by atoms with Crippen LogP contribution in [0.4, 0.5) is 11.4 Å². The Labute approximate surface area is 120 Å². The van der Waals surface area contributed by atoms with Crippen LogP contribution in [0.2, 0.25) is 0 Å². The second kappa shape index (κ2) is 5.05. The first-order chi connectivity index (χ1) is 9.24. The van der Waals surface area contributed by atoms with Gasteiger partial charge in [0, 0.05) is 11.0 Å². The van der Waals surface area contributed by atoms with Gasteiger partial charge in [-0.1, -0.05) is 46.3 Å². The summed E-state index contributed by atoms with van der Waals surface area (Å²) in [6.45, 7) is 0.597. The normalized spacial score (nSPS) is 17.9. The summed E-state index contributed by atoms with van der Waals surface area (Å²) in [5.74, 6) is -0.146. The Bertz CT molecular complexity index is 613. The summed E-state index contributed by atoms with van der Waals surface area (Å²) in [5.41, 5.74) is 2.80. The van der Waals surface area contributed by atoms with Crippen molar-refractivity contribution in [3.05, 3.63) is 58.6 Å². The Hall–Kier alpha value is -1.81. The van der Waals surface area contributed by atoms with Crippen molar-refractivity contribution in [3.63, 3.8) is 0 Å². The molecule has 0 aliphatic carbocycles. The smallest absolute Gasteiger partial charge is 0.233 e. The molecule has 96 valence electrons. The second-order valence-corrected chi connectivity index (χ2v) is 5.44. The number of halogens is 1. The molecule has 1 heterocycles. The highest BCUT2D eigenvalue weighted by molar-refractivity contribution is 9.10. The van der Waals surface area contributed by atoms with Gasteiger partial charge in [0.1, 0.15) is 0 Å². The van der Waals surface area contributed by atoms with Gasteiger partial charge < -0.3 is 10.6 Å². The number of nitrogens with one attached hydrogen (secondary N) is 2. The number of carbonyl (C=O) groups is 1. The lowest BCUT2D eigenvalue weighted by Gasteiger charge is -2.13. The van der Waals surface area contributed by atoms with Gasteiger partial charge in [0.25, 0.3) is 0 Å². The van der Waals surface area contributed by atoms with Crippen molar-refractivity contribution in [1.29, 1.82) is 0 Å². The Morgan fingerprint density at radius 3 is 2.63 bits per heavy atom. The van der Waals surface area contributed by atoms with E-state index >= 15 is 0 Å². The number of hydrogen-bond donors (Lipinski definition) is 2. The molecule has 2 N–H and O–H groups in total. The van der Waals surface area contributed by atoms with Crippen LogP contribution in [0.1, 0.15) is 11.5 Å².